The van der Waals surface area contributed by atoms with E-state index in [2.05, 4.69) is 40.3 Å². The zero-order valence-corrected chi connectivity index (χ0v) is 11.5. The molecule has 0 radical (unpaired) electrons. The molecule has 0 rings (SSSR count). The molecule has 0 heterocycles. The van der Waals surface area contributed by atoms with E-state index >= 15 is 0 Å². The lowest BCUT2D eigenvalue weighted by Gasteiger charge is -2.05. The van der Waals surface area contributed by atoms with Gasteiger partial charge in [0, 0.05) is 0 Å². The fourth-order valence-electron chi connectivity index (χ4n) is 1.28. The van der Waals surface area contributed by atoms with E-state index < -0.39 is 0 Å². The van der Waals surface area contributed by atoms with E-state index in [0.717, 1.165) is 19.3 Å². The van der Waals surface area contributed by atoms with Gasteiger partial charge in [-0.15, -0.1) is 0 Å². The monoisotopic (exact) mass is 208 g/mol. The summed E-state index contributed by atoms with van der Waals surface area (Å²) in [6.07, 6.45) is 7.58. The van der Waals surface area contributed by atoms with Gasteiger partial charge in [-0.05, 0) is 37.3 Å². The minimum atomic E-state index is 1.07. The average molecular weight is 208 g/mol. The van der Waals surface area contributed by atoms with Crippen molar-refractivity contribution in [2.75, 3.05) is 0 Å². The van der Waals surface area contributed by atoms with E-state index in [0.29, 0.717) is 0 Å². The molecule has 0 aliphatic carbocycles. The van der Waals surface area contributed by atoms with Crippen LogP contribution in [0, 0.1) is 0 Å². The SMILES string of the molecule is C=C/C(=C\C(CC)=C(/C)CC)CC.CC. The first-order valence-corrected chi connectivity index (χ1v) is 6.21. The highest BCUT2D eigenvalue weighted by Gasteiger charge is 1.96. The number of rotatable bonds is 5. The molecule has 0 saturated heterocycles. The second-order valence-corrected chi connectivity index (χ2v) is 3.29. The summed E-state index contributed by atoms with van der Waals surface area (Å²) in [6.45, 7) is 16.6. The zero-order valence-electron chi connectivity index (χ0n) is 11.5. The molecule has 0 aliphatic heterocycles. The molecule has 0 N–H and O–H groups in total. The third kappa shape index (κ3) is 7.18. The Hall–Kier alpha value is -0.780. The van der Waals surface area contributed by atoms with Crippen molar-refractivity contribution in [1.82, 2.24) is 0 Å². The van der Waals surface area contributed by atoms with Gasteiger partial charge in [-0.3, -0.25) is 0 Å². The van der Waals surface area contributed by atoms with Crippen molar-refractivity contribution in [2.45, 2.75) is 60.8 Å². The van der Waals surface area contributed by atoms with Gasteiger partial charge in [0.2, 0.25) is 0 Å². The Labute approximate surface area is 96.8 Å². The van der Waals surface area contributed by atoms with Crippen LogP contribution in [0.4, 0.5) is 0 Å². The van der Waals surface area contributed by atoms with Gasteiger partial charge < -0.3 is 0 Å². The Morgan fingerprint density at radius 3 is 1.80 bits per heavy atom. The van der Waals surface area contributed by atoms with E-state index in [1.807, 2.05) is 19.9 Å². The molecule has 0 aromatic rings. The summed E-state index contributed by atoms with van der Waals surface area (Å²) < 4.78 is 0. The number of allylic oxidation sites excluding steroid dienone is 5. The lowest BCUT2D eigenvalue weighted by Crippen LogP contribution is -1.85. The lowest BCUT2D eigenvalue weighted by atomic mass is 10.0. The molecule has 0 amide bonds. The maximum absolute atomic E-state index is 3.81. The summed E-state index contributed by atoms with van der Waals surface area (Å²) in [7, 11) is 0. The van der Waals surface area contributed by atoms with Gasteiger partial charge in [0.15, 0.2) is 0 Å². The molecule has 88 valence electrons. The first-order chi connectivity index (χ1) is 7.19. The summed E-state index contributed by atoms with van der Waals surface area (Å²) in [5, 5.41) is 0. The van der Waals surface area contributed by atoms with Crippen LogP contribution in [0.1, 0.15) is 60.8 Å². The van der Waals surface area contributed by atoms with Gasteiger partial charge in [-0.25, -0.2) is 0 Å². The molecule has 0 atom stereocenters. The van der Waals surface area contributed by atoms with Crippen molar-refractivity contribution in [3.8, 4) is 0 Å². The smallest absolute Gasteiger partial charge is 0.0308 e. The van der Waals surface area contributed by atoms with E-state index in [1.54, 1.807) is 0 Å². The molecule has 0 saturated carbocycles. The van der Waals surface area contributed by atoms with Crippen molar-refractivity contribution in [1.29, 1.82) is 0 Å². The van der Waals surface area contributed by atoms with Crippen LogP contribution in [0.5, 0.6) is 0 Å². The predicted molar refractivity (Wildman–Crippen MR) is 73.2 cm³/mol. The normalized spacial score (nSPS) is 12.5. The van der Waals surface area contributed by atoms with Gasteiger partial charge >= 0.3 is 0 Å². The molecule has 0 aromatic heterocycles. The van der Waals surface area contributed by atoms with Gasteiger partial charge in [0.25, 0.3) is 0 Å². The molecule has 0 aromatic carbocycles. The van der Waals surface area contributed by atoms with Crippen LogP contribution >= 0.6 is 0 Å². The average Bonchev–Trinajstić information content (AvgIpc) is 2.32. The fourth-order valence-corrected chi connectivity index (χ4v) is 1.28. The van der Waals surface area contributed by atoms with Gasteiger partial charge in [0.1, 0.15) is 0 Å². The van der Waals surface area contributed by atoms with Crippen LogP contribution in [0.2, 0.25) is 0 Å². The lowest BCUT2D eigenvalue weighted by molar-refractivity contribution is 1.01. The van der Waals surface area contributed by atoms with Gasteiger partial charge in [0.05, 0.1) is 0 Å². The minimum absolute atomic E-state index is 1.07. The number of hydrogen-bond donors (Lipinski definition) is 0. The van der Waals surface area contributed by atoms with E-state index in [-0.39, 0.29) is 0 Å². The van der Waals surface area contributed by atoms with Gasteiger partial charge in [-0.1, -0.05) is 58.9 Å². The Balaban J connectivity index is 0. The Bertz CT molecular complexity index is 214. The first kappa shape index (κ1) is 16.6. The summed E-state index contributed by atoms with van der Waals surface area (Å²) in [4.78, 5) is 0. The maximum atomic E-state index is 3.81. The summed E-state index contributed by atoms with van der Waals surface area (Å²) in [5.41, 5.74) is 4.30. The second kappa shape index (κ2) is 11.3. The predicted octanol–water partition coefficient (Wildman–Crippen LogP) is 5.67. The van der Waals surface area contributed by atoms with Gasteiger partial charge in [-0.2, -0.15) is 0 Å². The maximum Gasteiger partial charge on any atom is -0.0308 e. The van der Waals surface area contributed by atoms with Crippen LogP contribution in [0.25, 0.3) is 0 Å². The molecule has 0 heteroatoms. The first-order valence-electron chi connectivity index (χ1n) is 6.21. The summed E-state index contributed by atoms with van der Waals surface area (Å²) in [5.74, 6) is 0. The molecule has 0 unspecified atom stereocenters. The zero-order chi connectivity index (χ0) is 12.3. The second-order valence-electron chi connectivity index (χ2n) is 3.29. The van der Waals surface area contributed by atoms with Crippen LogP contribution in [-0.2, 0) is 0 Å². The van der Waals surface area contributed by atoms with Crippen LogP contribution < -0.4 is 0 Å². The summed E-state index contributed by atoms with van der Waals surface area (Å²) in [6, 6.07) is 0. The van der Waals surface area contributed by atoms with Crippen molar-refractivity contribution in [3.63, 3.8) is 0 Å². The largest absolute Gasteiger partial charge is 0.0988 e. The minimum Gasteiger partial charge on any atom is -0.0988 e. The Morgan fingerprint density at radius 2 is 1.53 bits per heavy atom. The molecule has 0 nitrogen and oxygen atoms in total. The topological polar surface area (TPSA) is 0 Å². The van der Waals surface area contributed by atoms with Crippen molar-refractivity contribution >= 4 is 0 Å². The van der Waals surface area contributed by atoms with E-state index in [1.165, 1.54) is 16.7 Å². The fraction of sp³-hybridized carbons (Fsp3) is 0.600. The standard InChI is InChI=1S/C13H22.C2H6/c1-6-11(5)13(9-4)10-12(7-2)8-3;1-2/h7,10H,2,6,8-9H2,1,3-5H3;1-2H3/b12-10+,13-11+;. The molecule has 0 aliphatic rings. The molecular formula is C15H28. The third-order valence-electron chi connectivity index (χ3n) is 2.49. The van der Waals surface area contributed by atoms with E-state index in [4.69, 9.17) is 0 Å². The highest BCUT2D eigenvalue weighted by molar-refractivity contribution is 5.31. The quantitative estimate of drug-likeness (QED) is 0.510. The van der Waals surface area contributed by atoms with Crippen molar-refractivity contribution in [3.05, 3.63) is 35.5 Å². The molecular weight excluding hydrogens is 180 g/mol. The molecule has 0 fully saturated rings. The summed E-state index contributed by atoms with van der Waals surface area (Å²) >= 11 is 0. The molecule has 0 bridgehead atoms. The van der Waals surface area contributed by atoms with Crippen LogP contribution in [0.15, 0.2) is 35.5 Å². The van der Waals surface area contributed by atoms with Crippen LogP contribution in [-0.4, -0.2) is 0 Å². The highest BCUT2D eigenvalue weighted by Crippen LogP contribution is 2.16. The Kier molecular flexibility index (Phi) is 12.5. The van der Waals surface area contributed by atoms with Crippen molar-refractivity contribution < 1.29 is 0 Å². The third-order valence-corrected chi connectivity index (χ3v) is 2.49. The highest BCUT2D eigenvalue weighted by atomic mass is 14.0. The number of hydrogen-bond acceptors (Lipinski definition) is 0. The van der Waals surface area contributed by atoms with Crippen molar-refractivity contribution in [2.24, 2.45) is 0 Å². The van der Waals surface area contributed by atoms with Crippen LogP contribution in [0.3, 0.4) is 0 Å². The molecule has 15 heavy (non-hydrogen) atoms. The molecule has 0 spiro atoms. The Morgan fingerprint density at radius 1 is 1.00 bits per heavy atom. The van der Waals surface area contributed by atoms with E-state index in [9.17, 15) is 0 Å².